The van der Waals surface area contributed by atoms with Gasteiger partial charge < -0.3 is 16.0 Å². The Morgan fingerprint density at radius 1 is 1.47 bits per heavy atom. The van der Waals surface area contributed by atoms with E-state index in [1.807, 2.05) is 13.0 Å². The third kappa shape index (κ3) is 1.76. The number of amides is 2. The molecular formula is C13H14N4O2. The van der Waals surface area contributed by atoms with Gasteiger partial charge in [0.15, 0.2) is 0 Å². The highest BCUT2D eigenvalue weighted by Crippen LogP contribution is 2.30. The molecule has 4 N–H and O–H groups in total. The minimum atomic E-state index is -0.510. The van der Waals surface area contributed by atoms with Crippen molar-refractivity contribution in [2.24, 2.45) is 5.73 Å². The monoisotopic (exact) mass is 258 g/mol. The van der Waals surface area contributed by atoms with E-state index in [9.17, 15) is 9.59 Å². The van der Waals surface area contributed by atoms with Gasteiger partial charge in [0.2, 0.25) is 5.91 Å². The number of hydrogen-bond acceptors (Lipinski definition) is 3. The highest BCUT2D eigenvalue weighted by Gasteiger charge is 2.37. The zero-order chi connectivity index (χ0) is 13.6. The fraction of sp³-hybridized carbons (Fsp3) is 0.308. The maximum Gasteiger partial charge on any atom is 0.250 e. The Labute approximate surface area is 109 Å². The molecule has 1 atom stereocenters. The maximum atomic E-state index is 11.4. The molecule has 0 unspecified atom stereocenters. The lowest BCUT2D eigenvalue weighted by atomic mass is 10.00. The van der Waals surface area contributed by atoms with Gasteiger partial charge in [0.25, 0.3) is 5.91 Å². The van der Waals surface area contributed by atoms with Crippen LogP contribution >= 0.6 is 0 Å². The van der Waals surface area contributed by atoms with E-state index in [-0.39, 0.29) is 5.91 Å². The molecule has 0 aliphatic carbocycles. The quantitative estimate of drug-likeness (QED) is 0.742. The molecule has 0 spiro atoms. The average Bonchev–Trinajstić information content (AvgIpc) is 2.93. The smallest absolute Gasteiger partial charge is 0.250 e. The summed E-state index contributed by atoms with van der Waals surface area (Å²) in [5.74, 6) is 0.157. The van der Waals surface area contributed by atoms with E-state index < -0.39 is 11.4 Å². The highest BCUT2D eigenvalue weighted by atomic mass is 16.2. The number of hydrogen-bond donors (Lipinski definition) is 3. The number of carbonyl (C=O) groups is 2. The molecule has 2 amide bonds. The van der Waals surface area contributed by atoms with Gasteiger partial charge in [0.05, 0.1) is 16.6 Å². The van der Waals surface area contributed by atoms with Gasteiger partial charge in [-0.25, -0.2) is 4.98 Å². The molecule has 1 aliphatic rings. The molecule has 0 radical (unpaired) electrons. The predicted molar refractivity (Wildman–Crippen MR) is 69.3 cm³/mol. The number of nitrogens with two attached hydrogens (primary N) is 1. The van der Waals surface area contributed by atoms with E-state index in [1.165, 1.54) is 0 Å². The zero-order valence-electron chi connectivity index (χ0n) is 10.5. The fourth-order valence-corrected chi connectivity index (χ4v) is 2.47. The van der Waals surface area contributed by atoms with Crippen LogP contribution in [0.15, 0.2) is 18.2 Å². The number of nitrogens with one attached hydrogen (secondary N) is 2. The minimum absolute atomic E-state index is 0.0121. The Balaban J connectivity index is 2.15. The molecule has 1 aliphatic heterocycles. The first-order valence-electron chi connectivity index (χ1n) is 6.10. The summed E-state index contributed by atoms with van der Waals surface area (Å²) in [6.45, 7) is 1.92. The molecule has 0 bridgehead atoms. The first kappa shape index (κ1) is 11.7. The van der Waals surface area contributed by atoms with E-state index in [0.29, 0.717) is 29.7 Å². The molecule has 1 aromatic carbocycles. The number of imidazole rings is 1. The lowest BCUT2D eigenvalue weighted by Gasteiger charge is -2.20. The Morgan fingerprint density at radius 2 is 2.26 bits per heavy atom. The molecule has 6 heteroatoms. The van der Waals surface area contributed by atoms with Crippen molar-refractivity contribution < 1.29 is 9.59 Å². The van der Waals surface area contributed by atoms with Crippen molar-refractivity contribution in [3.63, 3.8) is 0 Å². The van der Waals surface area contributed by atoms with E-state index in [4.69, 9.17) is 5.73 Å². The molecule has 1 fully saturated rings. The van der Waals surface area contributed by atoms with Crippen LogP contribution in [0.25, 0.3) is 11.0 Å². The summed E-state index contributed by atoms with van der Waals surface area (Å²) in [6, 6.07) is 5.23. The number of fused-ring (bicyclic) bond motifs is 1. The molecule has 1 aromatic heterocycles. The summed E-state index contributed by atoms with van der Waals surface area (Å²) in [6.07, 6.45) is 1.16. The number of primary amides is 1. The second kappa shape index (κ2) is 3.81. The molecule has 2 aromatic rings. The Kier molecular flexibility index (Phi) is 2.35. The third-order valence-electron chi connectivity index (χ3n) is 3.57. The third-order valence-corrected chi connectivity index (χ3v) is 3.57. The fourth-order valence-electron chi connectivity index (χ4n) is 2.47. The number of aromatic nitrogens is 2. The molecule has 6 nitrogen and oxygen atoms in total. The van der Waals surface area contributed by atoms with Crippen molar-refractivity contribution >= 4 is 22.8 Å². The maximum absolute atomic E-state index is 11.4. The van der Waals surface area contributed by atoms with Gasteiger partial charge in [-0.05, 0) is 25.5 Å². The summed E-state index contributed by atoms with van der Waals surface area (Å²) >= 11 is 0. The van der Waals surface area contributed by atoms with E-state index in [1.54, 1.807) is 12.1 Å². The van der Waals surface area contributed by atoms with E-state index in [2.05, 4.69) is 15.3 Å². The Morgan fingerprint density at radius 3 is 2.89 bits per heavy atom. The van der Waals surface area contributed by atoms with Crippen molar-refractivity contribution in [3.05, 3.63) is 29.6 Å². The number of rotatable bonds is 2. The minimum Gasteiger partial charge on any atom is -0.366 e. The van der Waals surface area contributed by atoms with Gasteiger partial charge >= 0.3 is 0 Å². The van der Waals surface area contributed by atoms with Crippen LogP contribution in [0, 0.1) is 0 Å². The standard InChI is InChI=1S/C13H14N4O2/c1-13(6-5-9(18)17-13)12-15-8-4-2-3-7(11(14)19)10(8)16-12/h2-4H,5-6H2,1H3,(H2,14,19)(H,15,16)(H,17,18)/t13-/m0/s1. The lowest BCUT2D eigenvalue weighted by molar-refractivity contribution is -0.119. The Hall–Kier alpha value is -2.37. The molecule has 2 heterocycles. The molecule has 19 heavy (non-hydrogen) atoms. The van der Waals surface area contributed by atoms with Crippen molar-refractivity contribution in [1.29, 1.82) is 0 Å². The largest absolute Gasteiger partial charge is 0.366 e. The van der Waals surface area contributed by atoms with Crippen LogP contribution in [-0.2, 0) is 10.3 Å². The van der Waals surface area contributed by atoms with Crippen LogP contribution in [0.1, 0.15) is 35.9 Å². The summed E-state index contributed by atoms with van der Waals surface area (Å²) in [4.78, 5) is 30.4. The van der Waals surface area contributed by atoms with Gasteiger partial charge in [0.1, 0.15) is 11.3 Å². The van der Waals surface area contributed by atoms with Gasteiger partial charge in [0, 0.05) is 6.42 Å². The molecular weight excluding hydrogens is 244 g/mol. The normalized spacial score (nSPS) is 22.7. The van der Waals surface area contributed by atoms with Crippen LogP contribution < -0.4 is 11.1 Å². The van der Waals surface area contributed by atoms with Crippen molar-refractivity contribution in [1.82, 2.24) is 15.3 Å². The first-order chi connectivity index (χ1) is 8.99. The van der Waals surface area contributed by atoms with Crippen molar-refractivity contribution in [2.45, 2.75) is 25.3 Å². The highest BCUT2D eigenvalue weighted by molar-refractivity contribution is 6.04. The van der Waals surface area contributed by atoms with Gasteiger partial charge in [-0.2, -0.15) is 0 Å². The SMILES string of the molecule is C[C@@]1(c2nc3c(C(N)=O)cccc3[nH]2)CCC(=O)N1. The van der Waals surface area contributed by atoms with Gasteiger partial charge in [-0.15, -0.1) is 0 Å². The number of benzene rings is 1. The molecule has 1 saturated heterocycles. The average molecular weight is 258 g/mol. The zero-order valence-corrected chi connectivity index (χ0v) is 10.5. The summed E-state index contributed by atoms with van der Waals surface area (Å²) in [5.41, 5.74) is 6.50. The van der Waals surface area contributed by atoms with Crippen LogP contribution in [-0.4, -0.2) is 21.8 Å². The summed E-state index contributed by atoms with van der Waals surface area (Å²) in [5, 5.41) is 2.91. The number of nitrogens with zero attached hydrogens (tertiary/aromatic N) is 1. The first-order valence-corrected chi connectivity index (χ1v) is 6.10. The number of carbonyl (C=O) groups excluding carboxylic acids is 2. The molecule has 0 saturated carbocycles. The van der Waals surface area contributed by atoms with Crippen LogP contribution in [0.3, 0.4) is 0 Å². The Bertz CT molecular complexity index is 691. The van der Waals surface area contributed by atoms with E-state index >= 15 is 0 Å². The van der Waals surface area contributed by atoms with Crippen molar-refractivity contribution in [3.8, 4) is 0 Å². The van der Waals surface area contributed by atoms with Crippen LogP contribution in [0.2, 0.25) is 0 Å². The second-order valence-electron chi connectivity index (χ2n) is 5.03. The molecule has 3 rings (SSSR count). The van der Waals surface area contributed by atoms with Gasteiger partial charge in [-0.3, -0.25) is 9.59 Å². The predicted octanol–water partition coefficient (Wildman–Crippen LogP) is 0.787. The number of aromatic amines is 1. The van der Waals surface area contributed by atoms with Gasteiger partial charge in [-0.1, -0.05) is 6.07 Å². The van der Waals surface area contributed by atoms with E-state index in [0.717, 1.165) is 5.52 Å². The topological polar surface area (TPSA) is 101 Å². The van der Waals surface area contributed by atoms with Crippen LogP contribution in [0.5, 0.6) is 0 Å². The number of H-pyrrole nitrogens is 1. The van der Waals surface area contributed by atoms with Crippen LogP contribution in [0.4, 0.5) is 0 Å². The van der Waals surface area contributed by atoms with Crippen molar-refractivity contribution in [2.75, 3.05) is 0 Å². The summed E-state index contributed by atoms with van der Waals surface area (Å²) in [7, 11) is 0. The number of para-hydroxylation sites is 1. The molecule has 98 valence electrons. The summed E-state index contributed by atoms with van der Waals surface area (Å²) < 4.78 is 0. The second-order valence-corrected chi connectivity index (χ2v) is 5.03. The lowest BCUT2D eigenvalue weighted by Crippen LogP contribution is -2.36.